The van der Waals surface area contributed by atoms with Gasteiger partial charge in [0.15, 0.2) is 0 Å². The number of aromatic nitrogens is 2. The highest BCUT2D eigenvalue weighted by Gasteiger charge is 2.13. The van der Waals surface area contributed by atoms with Crippen LogP contribution in [0.4, 0.5) is 0 Å². The lowest BCUT2D eigenvalue weighted by Gasteiger charge is -2.13. The van der Waals surface area contributed by atoms with Crippen LogP contribution in [0.15, 0.2) is 29.3 Å². The Balaban J connectivity index is 2.31. The summed E-state index contributed by atoms with van der Waals surface area (Å²) >= 11 is 0. The number of aromatic amines is 1. The van der Waals surface area contributed by atoms with Gasteiger partial charge in [-0.05, 0) is 18.2 Å². The van der Waals surface area contributed by atoms with Crippen LogP contribution in [0.25, 0.3) is 10.9 Å². The monoisotopic (exact) mass is 263 g/mol. The molecule has 1 heterocycles. The largest absolute Gasteiger partial charge is 0.394 e. The van der Waals surface area contributed by atoms with Crippen LogP contribution >= 0.6 is 0 Å². The van der Waals surface area contributed by atoms with Crippen molar-refractivity contribution in [2.24, 2.45) is 0 Å². The van der Waals surface area contributed by atoms with E-state index in [1.807, 2.05) is 0 Å². The van der Waals surface area contributed by atoms with Gasteiger partial charge in [0, 0.05) is 5.56 Å². The van der Waals surface area contributed by atoms with Crippen molar-refractivity contribution in [3.8, 4) is 0 Å². The third-order valence-corrected chi connectivity index (χ3v) is 2.68. The highest BCUT2D eigenvalue weighted by atomic mass is 16.3. The van der Waals surface area contributed by atoms with Gasteiger partial charge in [-0.2, -0.15) is 0 Å². The molecule has 1 aromatic carbocycles. The summed E-state index contributed by atoms with van der Waals surface area (Å²) in [5.41, 5.74) is 0.430. The van der Waals surface area contributed by atoms with E-state index < -0.39 is 11.9 Å². The predicted molar refractivity (Wildman–Crippen MR) is 67.8 cm³/mol. The van der Waals surface area contributed by atoms with Gasteiger partial charge in [0.1, 0.15) is 0 Å². The Morgan fingerprint density at radius 3 is 2.79 bits per heavy atom. The summed E-state index contributed by atoms with van der Waals surface area (Å²) in [6, 6.07) is 3.75. The SMILES string of the molecule is O=C(NC(CO)CO)c1ccc2c(=O)[nH]cnc2c1. The molecule has 4 N–H and O–H groups in total. The lowest BCUT2D eigenvalue weighted by atomic mass is 10.1. The zero-order valence-electron chi connectivity index (χ0n) is 9.96. The zero-order chi connectivity index (χ0) is 13.8. The molecular weight excluding hydrogens is 250 g/mol. The molecule has 0 spiro atoms. The number of amides is 1. The quantitative estimate of drug-likeness (QED) is 0.565. The van der Waals surface area contributed by atoms with E-state index in [0.717, 1.165) is 0 Å². The van der Waals surface area contributed by atoms with E-state index in [2.05, 4.69) is 15.3 Å². The topological polar surface area (TPSA) is 115 Å². The fraction of sp³-hybridized carbons (Fsp3) is 0.250. The Morgan fingerprint density at radius 1 is 1.37 bits per heavy atom. The molecule has 0 radical (unpaired) electrons. The van der Waals surface area contributed by atoms with E-state index in [-0.39, 0.29) is 18.8 Å². The molecule has 7 heteroatoms. The van der Waals surface area contributed by atoms with E-state index in [0.29, 0.717) is 16.5 Å². The normalized spacial score (nSPS) is 10.9. The number of hydrogen-bond acceptors (Lipinski definition) is 5. The second kappa shape index (κ2) is 5.59. The minimum Gasteiger partial charge on any atom is -0.394 e. The number of aliphatic hydroxyl groups is 2. The van der Waals surface area contributed by atoms with Gasteiger partial charge in [-0.15, -0.1) is 0 Å². The number of carbonyl (C=O) groups is 1. The second-order valence-corrected chi connectivity index (χ2v) is 4.00. The van der Waals surface area contributed by atoms with Crippen LogP contribution in [0.1, 0.15) is 10.4 Å². The minimum atomic E-state index is -0.713. The summed E-state index contributed by atoms with van der Waals surface area (Å²) in [6.45, 7) is -0.707. The van der Waals surface area contributed by atoms with Gasteiger partial charge in [0.25, 0.3) is 11.5 Å². The minimum absolute atomic E-state index is 0.277. The summed E-state index contributed by atoms with van der Waals surface area (Å²) < 4.78 is 0. The van der Waals surface area contributed by atoms with Crippen LogP contribution in [0.2, 0.25) is 0 Å². The number of H-pyrrole nitrogens is 1. The van der Waals surface area contributed by atoms with Gasteiger partial charge in [-0.25, -0.2) is 4.98 Å². The maximum absolute atomic E-state index is 11.9. The van der Waals surface area contributed by atoms with Crippen molar-refractivity contribution in [1.29, 1.82) is 0 Å². The first-order valence-electron chi connectivity index (χ1n) is 5.65. The third kappa shape index (κ3) is 2.78. The molecule has 0 aliphatic rings. The Bertz CT molecular complexity index is 649. The van der Waals surface area contributed by atoms with Crippen LogP contribution in [0.5, 0.6) is 0 Å². The summed E-state index contributed by atoms with van der Waals surface area (Å²) in [6.07, 6.45) is 1.26. The van der Waals surface area contributed by atoms with Crippen molar-refractivity contribution in [2.45, 2.75) is 6.04 Å². The van der Waals surface area contributed by atoms with Gasteiger partial charge >= 0.3 is 0 Å². The van der Waals surface area contributed by atoms with Crippen LogP contribution in [-0.2, 0) is 0 Å². The number of aliphatic hydroxyl groups excluding tert-OH is 2. The highest BCUT2D eigenvalue weighted by molar-refractivity contribution is 5.97. The number of hydrogen-bond donors (Lipinski definition) is 4. The number of nitrogens with one attached hydrogen (secondary N) is 2. The summed E-state index contributed by atoms with van der Waals surface area (Å²) in [7, 11) is 0. The molecular formula is C12H13N3O4. The van der Waals surface area contributed by atoms with Crippen LogP contribution < -0.4 is 10.9 Å². The van der Waals surface area contributed by atoms with E-state index in [4.69, 9.17) is 10.2 Å². The van der Waals surface area contributed by atoms with Crippen molar-refractivity contribution >= 4 is 16.8 Å². The molecule has 1 amide bonds. The van der Waals surface area contributed by atoms with E-state index in [9.17, 15) is 9.59 Å². The molecule has 19 heavy (non-hydrogen) atoms. The Labute approximate surface area is 107 Å². The Kier molecular flexibility index (Phi) is 3.88. The van der Waals surface area contributed by atoms with E-state index >= 15 is 0 Å². The fourth-order valence-electron chi connectivity index (χ4n) is 1.63. The average molecular weight is 263 g/mol. The number of fused-ring (bicyclic) bond motifs is 1. The number of nitrogens with zero attached hydrogens (tertiary/aromatic N) is 1. The van der Waals surface area contributed by atoms with Crippen molar-refractivity contribution in [3.05, 3.63) is 40.4 Å². The lowest BCUT2D eigenvalue weighted by molar-refractivity contribution is 0.0879. The first kappa shape index (κ1) is 13.2. The molecule has 0 atom stereocenters. The molecule has 2 rings (SSSR count). The molecule has 0 saturated carbocycles. The third-order valence-electron chi connectivity index (χ3n) is 2.68. The molecule has 7 nitrogen and oxygen atoms in total. The second-order valence-electron chi connectivity index (χ2n) is 4.00. The van der Waals surface area contributed by atoms with Crippen molar-refractivity contribution in [2.75, 3.05) is 13.2 Å². The number of carbonyl (C=O) groups excluding carboxylic acids is 1. The Morgan fingerprint density at radius 2 is 2.11 bits per heavy atom. The van der Waals surface area contributed by atoms with Crippen LogP contribution in [0, 0.1) is 0 Å². The smallest absolute Gasteiger partial charge is 0.258 e. The average Bonchev–Trinajstić information content (AvgIpc) is 2.44. The van der Waals surface area contributed by atoms with Crippen molar-refractivity contribution < 1.29 is 15.0 Å². The molecule has 1 aromatic heterocycles. The van der Waals surface area contributed by atoms with E-state index in [1.54, 1.807) is 0 Å². The molecule has 0 saturated heterocycles. The molecule has 100 valence electrons. The molecule has 0 aliphatic carbocycles. The fourth-order valence-corrected chi connectivity index (χ4v) is 1.63. The van der Waals surface area contributed by atoms with Crippen LogP contribution in [-0.4, -0.2) is 45.3 Å². The van der Waals surface area contributed by atoms with Crippen LogP contribution in [0.3, 0.4) is 0 Å². The summed E-state index contributed by atoms with van der Waals surface area (Å²) in [5, 5.41) is 20.6. The molecule has 0 bridgehead atoms. The summed E-state index contributed by atoms with van der Waals surface area (Å²) in [5.74, 6) is -0.447. The number of rotatable bonds is 4. The Hall–Kier alpha value is -2.25. The summed E-state index contributed by atoms with van der Waals surface area (Å²) in [4.78, 5) is 29.7. The van der Waals surface area contributed by atoms with Gasteiger partial charge in [0.05, 0.1) is 36.5 Å². The van der Waals surface area contributed by atoms with Gasteiger partial charge < -0.3 is 20.5 Å². The maximum Gasteiger partial charge on any atom is 0.258 e. The first-order valence-corrected chi connectivity index (χ1v) is 5.65. The zero-order valence-corrected chi connectivity index (χ0v) is 9.96. The maximum atomic E-state index is 11.9. The lowest BCUT2D eigenvalue weighted by Crippen LogP contribution is -2.40. The molecule has 0 fully saturated rings. The first-order chi connectivity index (χ1) is 9.15. The molecule has 2 aromatic rings. The highest BCUT2D eigenvalue weighted by Crippen LogP contribution is 2.09. The predicted octanol–water partition coefficient (Wildman–Crippen LogP) is -0.994. The van der Waals surface area contributed by atoms with E-state index in [1.165, 1.54) is 24.5 Å². The van der Waals surface area contributed by atoms with Gasteiger partial charge in [0.2, 0.25) is 0 Å². The standard InChI is InChI=1S/C12H13N3O4/c16-4-8(5-17)15-11(18)7-1-2-9-10(3-7)13-6-14-12(9)19/h1-3,6,8,16-17H,4-5H2,(H,15,18)(H,13,14,19). The van der Waals surface area contributed by atoms with Gasteiger partial charge in [-0.3, -0.25) is 9.59 Å². The number of benzene rings is 1. The van der Waals surface area contributed by atoms with Gasteiger partial charge in [-0.1, -0.05) is 0 Å². The molecule has 0 unspecified atom stereocenters. The van der Waals surface area contributed by atoms with Crippen molar-refractivity contribution in [1.82, 2.24) is 15.3 Å². The molecule has 0 aliphatic heterocycles. The van der Waals surface area contributed by atoms with Crippen molar-refractivity contribution in [3.63, 3.8) is 0 Å².